The lowest BCUT2D eigenvalue weighted by Gasteiger charge is -2.29. The molecule has 1 aliphatic carbocycles. The van der Waals surface area contributed by atoms with Crippen LogP contribution in [-0.4, -0.2) is 6.61 Å². The molecule has 32 heavy (non-hydrogen) atoms. The molecule has 0 unspecified atom stereocenters. The lowest BCUT2D eigenvalue weighted by atomic mass is 9.77. The fraction of sp³-hybridized carbons (Fsp3) is 0.500. The van der Waals surface area contributed by atoms with Gasteiger partial charge in [-0.05, 0) is 68.2 Å². The molecule has 8 heteroatoms. The van der Waals surface area contributed by atoms with Crippen LogP contribution in [0.15, 0.2) is 24.3 Å². The molecular formula is C24H26F6O2. The van der Waals surface area contributed by atoms with Crippen LogP contribution in [0.25, 0.3) is 0 Å². The molecule has 0 radical (unpaired) electrons. The molecule has 2 aromatic rings. The molecule has 0 bridgehead atoms. The number of ether oxygens (including phenoxy) is 2. The standard InChI is InChI=1S/C24H26F6O2/c1-3-5-14-6-8-15(9-7-14)16-10-12-19(23(28)20(16)25)32-24(29,30)17-11-13-18(31-4-2)22(27)21(17)26/h10-15H,3-9H2,1-2H3/t14-,15-. The quantitative estimate of drug-likeness (QED) is 0.374. The van der Waals surface area contributed by atoms with Gasteiger partial charge in [-0.3, -0.25) is 0 Å². The first kappa shape index (κ1) is 24.3. The van der Waals surface area contributed by atoms with Gasteiger partial charge in [0.1, 0.15) is 5.56 Å². The van der Waals surface area contributed by atoms with Crippen molar-refractivity contribution < 1.29 is 35.8 Å². The third-order valence-corrected chi connectivity index (χ3v) is 5.96. The highest BCUT2D eigenvalue weighted by Gasteiger charge is 2.41. The smallest absolute Gasteiger partial charge is 0.429 e. The van der Waals surface area contributed by atoms with Gasteiger partial charge < -0.3 is 9.47 Å². The fourth-order valence-electron chi connectivity index (χ4n) is 4.33. The van der Waals surface area contributed by atoms with Crippen LogP contribution in [0.4, 0.5) is 26.3 Å². The van der Waals surface area contributed by atoms with E-state index in [-0.39, 0.29) is 18.1 Å². The lowest BCUT2D eigenvalue weighted by Crippen LogP contribution is -2.25. The first-order valence-corrected chi connectivity index (χ1v) is 10.9. The van der Waals surface area contributed by atoms with Crippen molar-refractivity contribution >= 4 is 0 Å². The Bertz CT molecular complexity index is 939. The van der Waals surface area contributed by atoms with E-state index in [9.17, 15) is 26.3 Å². The Morgan fingerprint density at radius 1 is 0.812 bits per heavy atom. The average Bonchev–Trinajstić information content (AvgIpc) is 2.76. The van der Waals surface area contributed by atoms with E-state index in [1.54, 1.807) is 0 Å². The zero-order valence-corrected chi connectivity index (χ0v) is 18.0. The Morgan fingerprint density at radius 2 is 1.44 bits per heavy atom. The molecular weight excluding hydrogens is 434 g/mol. The molecule has 2 aromatic carbocycles. The van der Waals surface area contributed by atoms with E-state index in [1.807, 2.05) is 0 Å². The van der Waals surface area contributed by atoms with E-state index in [0.29, 0.717) is 24.8 Å². The van der Waals surface area contributed by atoms with Crippen LogP contribution in [0.5, 0.6) is 11.5 Å². The van der Waals surface area contributed by atoms with Gasteiger partial charge in [-0.25, -0.2) is 8.78 Å². The molecule has 0 spiro atoms. The maximum atomic E-state index is 14.7. The van der Waals surface area contributed by atoms with E-state index in [1.165, 1.54) is 13.0 Å². The van der Waals surface area contributed by atoms with Crippen molar-refractivity contribution in [1.82, 2.24) is 0 Å². The van der Waals surface area contributed by atoms with Gasteiger partial charge in [-0.2, -0.15) is 17.6 Å². The zero-order chi connectivity index (χ0) is 23.5. The highest BCUT2D eigenvalue weighted by Crippen LogP contribution is 2.42. The summed E-state index contributed by atoms with van der Waals surface area (Å²) < 4.78 is 95.6. The van der Waals surface area contributed by atoms with Gasteiger partial charge in [0.2, 0.25) is 11.6 Å². The van der Waals surface area contributed by atoms with Crippen LogP contribution in [0.1, 0.15) is 69.4 Å². The fourth-order valence-corrected chi connectivity index (χ4v) is 4.33. The Hall–Kier alpha value is -2.38. The molecule has 0 heterocycles. The molecule has 0 aliphatic heterocycles. The molecule has 0 N–H and O–H groups in total. The number of rotatable bonds is 8. The van der Waals surface area contributed by atoms with Gasteiger partial charge >= 0.3 is 6.11 Å². The summed E-state index contributed by atoms with van der Waals surface area (Å²) >= 11 is 0. The second kappa shape index (κ2) is 10.0. The first-order chi connectivity index (χ1) is 15.2. The normalized spacial score (nSPS) is 19.1. The topological polar surface area (TPSA) is 18.5 Å². The van der Waals surface area contributed by atoms with Crippen LogP contribution in [0.2, 0.25) is 0 Å². The van der Waals surface area contributed by atoms with Crippen LogP contribution in [0.3, 0.4) is 0 Å². The average molecular weight is 460 g/mol. The molecule has 0 saturated heterocycles. The highest BCUT2D eigenvalue weighted by atomic mass is 19.3. The predicted molar refractivity (Wildman–Crippen MR) is 108 cm³/mol. The molecule has 0 aromatic heterocycles. The van der Waals surface area contributed by atoms with Crippen LogP contribution < -0.4 is 9.47 Å². The largest absolute Gasteiger partial charge is 0.491 e. The van der Waals surface area contributed by atoms with E-state index in [0.717, 1.165) is 37.8 Å². The van der Waals surface area contributed by atoms with Gasteiger partial charge in [0.15, 0.2) is 23.1 Å². The third-order valence-electron chi connectivity index (χ3n) is 5.96. The van der Waals surface area contributed by atoms with Crippen molar-refractivity contribution in [2.24, 2.45) is 5.92 Å². The summed E-state index contributed by atoms with van der Waals surface area (Å²) in [4.78, 5) is 0. The van der Waals surface area contributed by atoms with Gasteiger partial charge in [-0.15, -0.1) is 0 Å². The van der Waals surface area contributed by atoms with Gasteiger partial charge in [0, 0.05) is 0 Å². The second-order valence-electron chi connectivity index (χ2n) is 8.08. The molecule has 0 atom stereocenters. The summed E-state index contributed by atoms with van der Waals surface area (Å²) in [6.45, 7) is 3.61. The summed E-state index contributed by atoms with van der Waals surface area (Å²) in [5, 5.41) is 0. The van der Waals surface area contributed by atoms with Gasteiger partial charge in [-0.1, -0.05) is 25.8 Å². The molecule has 0 amide bonds. The number of benzene rings is 2. The maximum Gasteiger partial charge on any atom is 0.429 e. The molecule has 1 aliphatic rings. The van der Waals surface area contributed by atoms with Crippen molar-refractivity contribution in [2.75, 3.05) is 6.61 Å². The minimum Gasteiger partial charge on any atom is -0.491 e. The first-order valence-electron chi connectivity index (χ1n) is 10.9. The van der Waals surface area contributed by atoms with Gasteiger partial charge in [0.25, 0.3) is 0 Å². The maximum absolute atomic E-state index is 14.7. The molecule has 176 valence electrons. The summed E-state index contributed by atoms with van der Waals surface area (Å²) in [6, 6.07) is 3.54. The molecule has 3 rings (SSSR count). The monoisotopic (exact) mass is 460 g/mol. The SMILES string of the molecule is CCC[C@H]1CC[C@H](c2ccc(OC(F)(F)c3ccc(OCC)c(F)c3F)c(F)c2F)CC1. The van der Waals surface area contributed by atoms with E-state index in [4.69, 9.17) is 4.74 Å². The van der Waals surface area contributed by atoms with Crippen molar-refractivity contribution in [1.29, 1.82) is 0 Å². The van der Waals surface area contributed by atoms with Gasteiger partial charge in [0.05, 0.1) is 6.61 Å². The van der Waals surface area contributed by atoms with Crippen molar-refractivity contribution in [3.05, 3.63) is 58.7 Å². The van der Waals surface area contributed by atoms with E-state index < -0.39 is 46.4 Å². The number of hydrogen-bond acceptors (Lipinski definition) is 2. The summed E-state index contributed by atoms with van der Waals surface area (Å²) in [5.41, 5.74) is -1.33. The molecule has 1 saturated carbocycles. The predicted octanol–water partition coefficient (Wildman–Crippen LogP) is 7.84. The highest BCUT2D eigenvalue weighted by molar-refractivity contribution is 5.36. The van der Waals surface area contributed by atoms with Crippen LogP contribution in [-0.2, 0) is 6.11 Å². The summed E-state index contributed by atoms with van der Waals surface area (Å²) in [5.74, 6) is -7.60. The Labute approximate surface area is 183 Å². The summed E-state index contributed by atoms with van der Waals surface area (Å²) in [6.07, 6.45) is 0.896. The van der Waals surface area contributed by atoms with Crippen LogP contribution in [0, 0.1) is 29.2 Å². The van der Waals surface area contributed by atoms with Crippen LogP contribution >= 0.6 is 0 Å². The minimum absolute atomic E-state index is 0.000307. The van der Waals surface area contributed by atoms with E-state index in [2.05, 4.69) is 11.7 Å². The number of alkyl halides is 2. The summed E-state index contributed by atoms with van der Waals surface area (Å²) in [7, 11) is 0. The van der Waals surface area contributed by atoms with E-state index >= 15 is 0 Å². The third kappa shape index (κ3) is 4.99. The Balaban J connectivity index is 1.81. The Morgan fingerprint density at radius 3 is 2.06 bits per heavy atom. The van der Waals surface area contributed by atoms with Crippen molar-refractivity contribution in [3.63, 3.8) is 0 Å². The lowest BCUT2D eigenvalue weighted by molar-refractivity contribution is -0.189. The second-order valence-corrected chi connectivity index (χ2v) is 8.08. The molecule has 1 fully saturated rings. The number of hydrogen-bond donors (Lipinski definition) is 0. The molecule has 2 nitrogen and oxygen atoms in total. The minimum atomic E-state index is -4.44. The Kier molecular flexibility index (Phi) is 7.62. The van der Waals surface area contributed by atoms with Crippen molar-refractivity contribution in [3.8, 4) is 11.5 Å². The zero-order valence-electron chi connectivity index (χ0n) is 18.0. The number of halogens is 6. The van der Waals surface area contributed by atoms with Crippen molar-refractivity contribution in [2.45, 2.75) is 64.4 Å².